The fourth-order valence-corrected chi connectivity index (χ4v) is 2.81. The minimum Gasteiger partial charge on any atom is -0.368 e. The molecule has 17 heavy (non-hydrogen) atoms. The van der Waals surface area contributed by atoms with E-state index < -0.39 is 11.4 Å². The second-order valence-corrected chi connectivity index (χ2v) is 5.35. The van der Waals surface area contributed by atoms with Crippen LogP contribution in [0, 0.1) is 0 Å². The van der Waals surface area contributed by atoms with Crippen molar-refractivity contribution in [2.75, 3.05) is 6.54 Å². The highest BCUT2D eigenvalue weighted by molar-refractivity contribution is 5.90. The summed E-state index contributed by atoms with van der Waals surface area (Å²) in [5.41, 5.74) is 10.6. The lowest BCUT2D eigenvalue weighted by Crippen LogP contribution is -2.62. The highest BCUT2D eigenvalue weighted by atomic mass is 16.2. The number of carbonyl (C=O) groups excluding carboxylic acids is 2. The highest BCUT2D eigenvalue weighted by Gasteiger charge is 2.44. The molecule has 2 fully saturated rings. The van der Waals surface area contributed by atoms with Gasteiger partial charge in [0.15, 0.2) is 0 Å². The molecule has 0 aliphatic heterocycles. The molecule has 0 spiro atoms. The van der Waals surface area contributed by atoms with Crippen molar-refractivity contribution >= 4 is 11.8 Å². The van der Waals surface area contributed by atoms with Crippen molar-refractivity contribution in [3.63, 3.8) is 0 Å². The van der Waals surface area contributed by atoms with Gasteiger partial charge in [0.1, 0.15) is 0 Å². The fraction of sp³-hybridized carbons (Fsp3) is 0.833. The molecule has 2 saturated carbocycles. The van der Waals surface area contributed by atoms with Gasteiger partial charge >= 0.3 is 0 Å². The number of nitrogens with zero attached hydrogens (tertiary/aromatic N) is 1. The molecule has 4 N–H and O–H groups in total. The van der Waals surface area contributed by atoms with Crippen molar-refractivity contribution in [3.05, 3.63) is 0 Å². The van der Waals surface area contributed by atoms with Crippen LogP contribution in [0.4, 0.5) is 0 Å². The van der Waals surface area contributed by atoms with E-state index in [2.05, 4.69) is 0 Å². The van der Waals surface area contributed by atoms with Crippen LogP contribution in [0.5, 0.6) is 0 Å². The summed E-state index contributed by atoms with van der Waals surface area (Å²) < 4.78 is 0. The van der Waals surface area contributed by atoms with Gasteiger partial charge in [-0.3, -0.25) is 9.59 Å². The van der Waals surface area contributed by atoms with Crippen molar-refractivity contribution in [1.29, 1.82) is 0 Å². The molecule has 0 aromatic rings. The molecule has 2 aliphatic rings. The van der Waals surface area contributed by atoms with Crippen LogP contribution >= 0.6 is 0 Å². The van der Waals surface area contributed by atoms with Crippen molar-refractivity contribution in [3.8, 4) is 0 Å². The number of rotatable bonds is 4. The highest BCUT2D eigenvalue weighted by Crippen LogP contribution is 2.33. The molecule has 0 aromatic carbocycles. The van der Waals surface area contributed by atoms with E-state index in [4.69, 9.17) is 11.5 Å². The zero-order valence-electron chi connectivity index (χ0n) is 10.2. The number of nitrogens with two attached hydrogens (primary N) is 2. The van der Waals surface area contributed by atoms with E-state index in [9.17, 15) is 9.59 Å². The van der Waals surface area contributed by atoms with Gasteiger partial charge in [0.05, 0.1) is 12.1 Å². The predicted molar refractivity (Wildman–Crippen MR) is 63.9 cm³/mol. The molecular formula is C12H21N3O2. The number of primary amides is 1. The third kappa shape index (κ3) is 2.44. The molecule has 2 rings (SSSR count). The molecule has 0 heterocycles. The van der Waals surface area contributed by atoms with Crippen LogP contribution in [0.2, 0.25) is 0 Å². The Morgan fingerprint density at radius 1 is 1.18 bits per heavy atom. The molecular weight excluding hydrogens is 218 g/mol. The van der Waals surface area contributed by atoms with Crippen LogP contribution in [0.3, 0.4) is 0 Å². The molecule has 96 valence electrons. The minimum atomic E-state index is -0.724. The van der Waals surface area contributed by atoms with Gasteiger partial charge in [0.25, 0.3) is 0 Å². The SMILES string of the molecule is NC(=O)CN(C(=O)C1(N)CCC1)C1CCCC1. The minimum absolute atomic E-state index is 0.0163. The summed E-state index contributed by atoms with van der Waals surface area (Å²) in [4.78, 5) is 25.1. The standard InChI is InChI=1S/C12H21N3O2/c13-10(16)8-15(9-4-1-2-5-9)11(17)12(14)6-3-7-12/h9H,1-8,14H2,(H2,13,16). The molecule has 0 aromatic heterocycles. The molecule has 5 heteroatoms. The topological polar surface area (TPSA) is 89.4 Å². The van der Waals surface area contributed by atoms with E-state index in [1.165, 1.54) is 0 Å². The average Bonchev–Trinajstić information content (AvgIpc) is 2.74. The van der Waals surface area contributed by atoms with E-state index in [0.29, 0.717) is 0 Å². The first kappa shape index (κ1) is 12.4. The average molecular weight is 239 g/mol. The fourth-order valence-electron chi connectivity index (χ4n) is 2.81. The van der Waals surface area contributed by atoms with Gasteiger partial charge in [0, 0.05) is 6.04 Å². The van der Waals surface area contributed by atoms with Gasteiger partial charge in [-0.25, -0.2) is 0 Å². The van der Waals surface area contributed by atoms with Gasteiger partial charge < -0.3 is 16.4 Å². The van der Waals surface area contributed by atoms with E-state index in [1.807, 2.05) is 0 Å². The van der Waals surface area contributed by atoms with Crippen molar-refractivity contribution in [2.45, 2.75) is 56.5 Å². The van der Waals surface area contributed by atoms with Crippen molar-refractivity contribution < 1.29 is 9.59 Å². The lowest BCUT2D eigenvalue weighted by atomic mass is 9.76. The third-order valence-corrected chi connectivity index (χ3v) is 4.02. The maximum atomic E-state index is 12.4. The summed E-state index contributed by atoms with van der Waals surface area (Å²) in [6.45, 7) is 0.0163. The van der Waals surface area contributed by atoms with E-state index in [0.717, 1.165) is 44.9 Å². The summed E-state index contributed by atoms with van der Waals surface area (Å²) in [5.74, 6) is -0.525. The molecule has 0 unspecified atom stereocenters. The molecule has 0 bridgehead atoms. The number of hydrogen-bond acceptors (Lipinski definition) is 3. The Balaban J connectivity index is 2.08. The Labute approximate surface area is 102 Å². The van der Waals surface area contributed by atoms with E-state index in [-0.39, 0.29) is 18.5 Å². The lowest BCUT2D eigenvalue weighted by molar-refractivity contribution is -0.145. The van der Waals surface area contributed by atoms with Crippen LogP contribution in [0.1, 0.15) is 44.9 Å². The van der Waals surface area contributed by atoms with Crippen LogP contribution in [-0.4, -0.2) is 34.8 Å². The monoisotopic (exact) mass is 239 g/mol. The van der Waals surface area contributed by atoms with Gasteiger partial charge in [-0.2, -0.15) is 0 Å². The predicted octanol–water partition coefficient (Wildman–Crippen LogP) is 0.124. The Bertz CT molecular complexity index is 320. The molecule has 0 saturated heterocycles. The molecule has 5 nitrogen and oxygen atoms in total. The summed E-state index contributed by atoms with van der Waals surface area (Å²) in [6, 6.07) is 0.163. The quantitative estimate of drug-likeness (QED) is 0.730. The first-order valence-corrected chi connectivity index (χ1v) is 6.41. The first-order valence-electron chi connectivity index (χ1n) is 6.41. The zero-order valence-corrected chi connectivity index (χ0v) is 10.2. The third-order valence-electron chi connectivity index (χ3n) is 4.02. The van der Waals surface area contributed by atoms with Crippen molar-refractivity contribution in [1.82, 2.24) is 4.90 Å². The Hall–Kier alpha value is -1.10. The number of hydrogen-bond donors (Lipinski definition) is 2. The molecule has 0 radical (unpaired) electrons. The first-order chi connectivity index (χ1) is 8.03. The Kier molecular flexibility index (Phi) is 3.38. The van der Waals surface area contributed by atoms with Gasteiger partial charge in [0.2, 0.25) is 11.8 Å². The molecule has 2 aliphatic carbocycles. The molecule has 0 atom stereocenters. The van der Waals surface area contributed by atoms with E-state index >= 15 is 0 Å². The maximum Gasteiger partial charge on any atom is 0.243 e. The Morgan fingerprint density at radius 3 is 2.18 bits per heavy atom. The van der Waals surface area contributed by atoms with E-state index in [1.54, 1.807) is 4.90 Å². The zero-order chi connectivity index (χ0) is 12.5. The van der Waals surface area contributed by atoms with Gasteiger partial charge in [-0.1, -0.05) is 12.8 Å². The normalized spacial score (nSPS) is 23.1. The number of carbonyl (C=O) groups is 2. The summed E-state index contributed by atoms with van der Waals surface area (Å²) >= 11 is 0. The second kappa shape index (κ2) is 4.64. The van der Waals surface area contributed by atoms with Crippen LogP contribution < -0.4 is 11.5 Å². The van der Waals surface area contributed by atoms with Crippen LogP contribution in [0.15, 0.2) is 0 Å². The van der Waals surface area contributed by atoms with Crippen LogP contribution in [0.25, 0.3) is 0 Å². The Morgan fingerprint density at radius 2 is 1.76 bits per heavy atom. The largest absolute Gasteiger partial charge is 0.368 e. The summed E-state index contributed by atoms with van der Waals surface area (Å²) in [6.07, 6.45) is 6.62. The molecule has 2 amide bonds. The summed E-state index contributed by atoms with van der Waals surface area (Å²) in [7, 11) is 0. The van der Waals surface area contributed by atoms with Crippen LogP contribution in [-0.2, 0) is 9.59 Å². The maximum absolute atomic E-state index is 12.4. The van der Waals surface area contributed by atoms with Gasteiger partial charge in [-0.15, -0.1) is 0 Å². The van der Waals surface area contributed by atoms with Crippen molar-refractivity contribution in [2.24, 2.45) is 11.5 Å². The number of amides is 2. The summed E-state index contributed by atoms with van der Waals surface area (Å²) in [5, 5.41) is 0. The smallest absolute Gasteiger partial charge is 0.243 e. The second-order valence-electron chi connectivity index (χ2n) is 5.35. The lowest BCUT2D eigenvalue weighted by Gasteiger charge is -2.42. The van der Waals surface area contributed by atoms with Gasteiger partial charge in [-0.05, 0) is 32.1 Å².